The lowest BCUT2D eigenvalue weighted by Gasteiger charge is -2.56. The van der Waals surface area contributed by atoms with Crippen molar-refractivity contribution in [3.05, 3.63) is 47.7 Å². The molecule has 4 saturated carbocycles. The summed E-state index contributed by atoms with van der Waals surface area (Å²) in [5.41, 5.74) is 0.992. The van der Waals surface area contributed by atoms with Gasteiger partial charge in [0, 0.05) is 19.0 Å². The van der Waals surface area contributed by atoms with E-state index in [1.54, 1.807) is 0 Å². The minimum absolute atomic E-state index is 0.0465. The largest absolute Gasteiger partial charge is 0.410 e. The van der Waals surface area contributed by atoms with Crippen LogP contribution >= 0.6 is 0 Å². The summed E-state index contributed by atoms with van der Waals surface area (Å²) in [4.78, 5) is 13.0. The molecule has 2 unspecified atom stereocenters. The Bertz CT molecular complexity index is 1010. The molecule has 1 amide bonds. The molecule has 2 N–H and O–H groups in total. The van der Waals surface area contributed by atoms with Crippen LogP contribution in [0.4, 0.5) is 19.0 Å². The summed E-state index contributed by atoms with van der Waals surface area (Å²) in [7, 11) is 0. The summed E-state index contributed by atoms with van der Waals surface area (Å²) in [6.45, 7) is 0.598. The van der Waals surface area contributed by atoms with Gasteiger partial charge in [0.1, 0.15) is 5.82 Å². The van der Waals surface area contributed by atoms with Crippen LogP contribution in [0.15, 0.2) is 36.4 Å². The van der Waals surface area contributed by atoms with Gasteiger partial charge in [0.2, 0.25) is 0 Å². The van der Waals surface area contributed by atoms with E-state index in [1.165, 1.54) is 25.3 Å². The van der Waals surface area contributed by atoms with Crippen molar-refractivity contribution in [3.8, 4) is 0 Å². The third-order valence-corrected chi connectivity index (χ3v) is 8.41. The second-order valence-electron chi connectivity index (χ2n) is 10.9. The smallest absolute Gasteiger partial charge is 0.363 e. The van der Waals surface area contributed by atoms with E-state index in [4.69, 9.17) is 0 Å². The highest BCUT2D eigenvalue weighted by atomic mass is 19.4. The van der Waals surface area contributed by atoms with Crippen LogP contribution in [0.5, 0.6) is 0 Å². The normalized spacial score (nSPS) is 34.6. The Morgan fingerprint density at radius 1 is 1.06 bits per heavy atom. The van der Waals surface area contributed by atoms with E-state index in [0.717, 1.165) is 47.3 Å². The number of nitrogens with one attached hydrogen (secondary N) is 2. The van der Waals surface area contributed by atoms with Crippen molar-refractivity contribution in [3.63, 3.8) is 0 Å². The molecule has 2 aromatic rings. The van der Waals surface area contributed by atoms with Gasteiger partial charge >= 0.3 is 6.18 Å². The second kappa shape index (κ2) is 7.50. The summed E-state index contributed by atoms with van der Waals surface area (Å²) in [5.74, 6) is 2.18. The molecule has 8 heteroatoms. The van der Waals surface area contributed by atoms with Crippen LogP contribution in [0.1, 0.15) is 73.1 Å². The van der Waals surface area contributed by atoms with Gasteiger partial charge in [-0.05, 0) is 67.3 Å². The van der Waals surface area contributed by atoms with E-state index in [2.05, 4.69) is 15.7 Å². The molecule has 5 nitrogen and oxygen atoms in total. The molecule has 0 spiro atoms. The number of rotatable bonds is 4. The Morgan fingerprint density at radius 2 is 1.70 bits per heavy atom. The van der Waals surface area contributed by atoms with Crippen LogP contribution in [-0.4, -0.2) is 28.4 Å². The van der Waals surface area contributed by atoms with Gasteiger partial charge in [0.15, 0.2) is 11.7 Å². The number of nitrogens with zero attached hydrogens (tertiary/aromatic N) is 2. The van der Waals surface area contributed by atoms with E-state index < -0.39 is 18.3 Å². The fraction of sp³-hybridized carbons (Fsp3) is 0.600. The number of alkyl halides is 3. The molecule has 4 aliphatic carbocycles. The number of carbonyl (C=O) groups excluding carboxylic acids is 1. The van der Waals surface area contributed by atoms with Gasteiger partial charge in [-0.1, -0.05) is 30.3 Å². The first-order valence-corrected chi connectivity index (χ1v) is 12.0. The number of anilines is 1. The number of fused-ring (bicyclic) bond motifs is 1. The van der Waals surface area contributed by atoms with Gasteiger partial charge in [-0.15, -0.1) is 0 Å². The highest BCUT2D eigenvalue weighted by Gasteiger charge is 2.51. The highest BCUT2D eigenvalue weighted by Crippen LogP contribution is 2.59. The number of aromatic nitrogens is 2. The fourth-order valence-electron chi connectivity index (χ4n) is 7.45. The van der Waals surface area contributed by atoms with E-state index >= 15 is 0 Å². The topological polar surface area (TPSA) is 59.0 Å². The van der Waals surface area contributed by atoms with E-state index in [-0.39, 0.29) is 29.3 Å². The second-order valence-corrected chi connectivity index (χ2v) is 10.9. The molecular weight excluding hydrogens is 429 g/mol. The highest BCUT2D eigenvalue weighted by molar-refractivity contribution is 5.93. The summed E-state index contributed by atoms with van der Waals surface area (Å²) >= 11 is 0. The summed E-state index contributed by atoms with van der Waals surface area (Å²) in [6, 6.07) is 8.29. The molecule has 1 aliphatic heterocycles. The molecule has 2 atom stereocenters. The molecule has 7 rings (SSSR count). The van der Waals surface area contributed by atoms with Crippen molar-refractivity contribution < 1.29 is 18.0 Å². The number of amides is 1. The molecule has 4 fully saturated rings. The lowest BCUT2D eigenvalue weighted by Crippen LogP contribution is -2.51. The van der Waals surface area contributed by atoms with Gasteiger partial charge in [0.05, 0.1) is 6.04 Å². The standard InChI is InChI=1S/C25H29F3N4O/c26-25(27,28)21-9-19(18-4-2-1-3-5-18)30-22-10-20(31-32(21)22)23(33)29-14-24-11-15-6-16(12-24)8-17(7-15)13-24/h1-5,10,15-17,19,21,30H,6-9,11-14H2,(H,29,33). The fourth-order valence-corrected chi connectivity index (χ4v) is 7.45. The van der Waals surface area contributed by atoms with E-state index in [1.807, 2.05) is 30.3 Å². The summed E-state index contributed by atoms with van der Waals surface area (Å²) < 4.78 is 42.6. The first-order valence-electron chi connectivity index (χ1n) is 12.0. The minimum atomic E-state index is -4.46. The lowest BCUT2D eigenvalue weighted by molar-refractivity contribution is -0.173. The maximum absolute atomic E-state index is 13.9. The molecule has 1 aromatic carbocycles. The maximum atomic E-state index is 13.9. The molecule has 176 valence electrons. The number of carbonyl (C=O) groups is 1. The minimum Gasteiger partial charge on any atom is -0.363 e. The number of hydrogen-bond donors (Lipinski definition) is 2. The Balaban J connectivity index is 1.21. The molecule has 1 aromatic heterocycles. The van der Waals surface area contributed by atoms with Gasteiger partial charge in [-0.25, -0.2) is 4.68 Å². The van der Waals surface area contributed by atoms with Crippen LogP contribution in [0, 0.1) is 23.2 Å². The number of benzene rings is 1. The monoisotopic (exact) mass is 458 g/mol. The third-order valence-electron chi connectivity index (χ3n) is 8.41. The van der Waals surface area contributed by atoms with E-state index in [0.29, 0.717) is 6.54 Å². The summed E-state index contributed by atoms with van der Waals surface area (Å²) in [6.07, 6.45) is 2.84. The Hall–Kier alpha value is -2.51. The molecule has 4 bridgehead atoms. The third kappa shape index (κ3) is 3.81. The Labute approximate surface area is 191 Å². The lowest BCUT2D eigenvalue weighted by atomic mass is 9.49. The van der Waals surface area contributed by atoms with Gasteiger partial charge in [-0.2, -0.15) is 18.3 Å². The van der Waals surface area contributed by atoms with Crippen LogP contribution in [0.2, 0.25) is 0 Å². The predicted octanol–water partition coefficient (Wildman–Crippen LogP) is 5.49. The van der Waals surface area contributed by atoms with Crippen molar-refractivity contribution in [2.75, 3.05) is 11.9 Å². The first-order chi connectivity index (χ1) is 15.8. The molecule has 0 radical (unpaired) electrons. The zero-order valence-corrected chi connectivity index (χ0v) is 18.4. The Morgan fingerprint density at radius 3 is 2.30 bits per heavy atom. The number of halogens is 3. The SMILES string of the molecule is O=C(NCC12CC3CC(CC(C3)C1)C2)c1cc2n(n1)C(C(F)(F)F)CC(c1ccccc1)N2. The van der Waals surface area contributed by atoms with Crippen molar-refractivity contribution >= 4 is 11.7 Å². The quantitative estimate of drug-likeness (QED) is 0.637. The van der Waals surface area contributed by atoms with Gasteiger partial charge in [0.25, 0.3) is 5.91 Å². The van der Waals surface area contributed by atoms with Crippen LogP contribution < -0.4 is 10.6 Å². The van der Waals surface area contributed by atoms with Gasteiger partial charge in [-0.3, -0.25) is 4.79 Å². The molecular formula is C25H29F3N4O. The van der Waals surface area contributed by atoms with Crippen molar-refractivity contribution in [1.29, 1.82) is 0 Å². The van der Waals surface area contributed by atoms with Crippen molar-refractivity contribution in [1.82, 2.24) is 15.1 Å². The van der Waals surface area contributed by atoms with Crippen LogP contribution in [0.25, 0.3) is 0 Å². The van der Waals surface area contributed by atoms with Crippen molar-refractivity contribution in [2.24, 2.45) is 23.2 Å². The van der Waals surface area contributed by atoms with E-state index in [9.17, 15) is 18.0 Å². The molecule has 2 heterocycles. The average Bonchev–Trinajstić information content (AvgIpc) is 3.20. The zero-order chi connectivity index (χ0) is 22.8. The Kier molecular flexibility index (Phi) is 4.79. The van der Waals surface area contributed by atoms with Crippen molar-refractivity contribution in [2.45, 2.75) is 63.2 Å². The first kappa shape index (κ1) is 21.1. The van der Waals surface area contributed by atoms with Crippen LogP contribution in [0.3, 0.4) is 0 Å². The molecule has 33 heavy (non-hydrogen) atoms. The van der Waals surface area contributed by atoms with Crippen LogP contribution in [-0.2, 0) is 0 Å². The molecule has 5 aliphatic rings. The molecule has 0 saturated heterocycles. The number of hydrogen-bond acceptors (Lipinski definition) is 3. The predicted molar refractivity (Wildman–Crippen MR) is 118 cm³/mol. The summed E-state index contributed by atoms with van der Waals surface area (Å²) in [5, 5.41) is 10.3. The maximum Gasteiger partial charge on any atom is 0.410 e. The zero-order valence-electron chi connectivity index (χ0n) is 18.4. The van der Waals surface area contributed by atoms with Gasteiger partial charge < -0.3 is 10.6 Å². The average molecular weight is 459 g/mol.